The largest absolute Gasteiger partial charge is 0.477 e. The average molecular weight is 221 g/mol. The van der Waals surface area contributed by atoms with E-state index in [4.69, 9.17) is 10.8 Å². The normalized spacial score (nSPS) is 16.9. The highest BCUT2D eigenvalue weighted by Crippen LogP contribution is 2.07. The third-order valence-corrected chi connectivity index (χ3v) is 1.79. The molecule has 0 saturated heterocycles. The van der Waals surface area contributed by atoms with E-state index in [1.165, 1.54) is 7.05 Å². The van der Waals surface area contributed by atoms with Crippen LogP contribution in [0.5, 0.6) is 0 Å². The van der Waals surface area contributed by atoms with Gasteiger partial charge in [0.1, 0.15) is 0 Å². The SMILES string of the molecule is COC(O)N(C)C(N)(NC(C)=O)C(=O)O. The van der Waals surface area contributed by atoms with Crippen LogP contribution in [0, 0.1) is 0 Å². The van der Waals surface area contributed by atoms with E-state index >= 15 is 0 Å². The lowest BCUT2D eigenvalue weighted by molar-refractivity contribution is -0.214. The number of rotatable bonds is 5. The van der Waals surface area contributed by atoms with Crippen LogP contribution >= 0.6 is 0 Å². The zero-order valence-electron chi connectivity index (χ0n) is 8.72. The van der Waals surface area contributed by atoms with Gasteiger partial charge >= 0.3 is 5.97 Å². The first kappa shape index (κ1) is 13.8. The number of nitrogens with zero attached hydrogens (tertiary/aromatic N) is 1. The number of carboxylic acids is 1. The van der Waals surface area contributed by atoms with Gasteiger partial charge in [0.25, 0.3) is 5.79 Å². The summed E-state index contributed by atoms with van der Waals surface area (Å²) in [6.07, 6.45) is -1.54. The van der Waals surface area contributed by atoms with Crippen molar-refractivity contribution in [1.82, 2.24) is 10.2 Å². The number of methoxy groups -OCH3 is 1. The summed E-state index contributed by atoms with van der Waals surface area (Å²) >= 11 is 0. The van der Waals surface area contributed by atoms with Crippen LogP contribution < -0.4 is 11.1 Å². The van der Waals surface area contributed by atoms with Crippen LogP contribution in [0.4, 0.5) is 0 Å². The van der Waals surface area contributed by atoms with E-state index in [2.05, 4.69) is 4.74 Å². The van der Waals surface area contributed by atoms with Crippen LogP contribution in [0.1, 0.15) is 6.92 Å². The molecule has 2 atom stereocenters. The van der Waals surface area contributed by atoms with Gasteiger partial charge in [-0.25, -0.2) is 9.69 Å². The number of carbonyl (C=O) groups excluding carboxylic acids is 1. The molecule has 0 saturated carbocycles. The van der Waals surface area contributed by atoms with Gasteiger partial charge in [-0.1, -0.05) is 0 Å². The summed E-state index contributed by atoms with van der Waals surface area (Å²) in [5, 5.41) is 20.1. The molecule has 8 heteroatoms. The molecule has 0 aromatic carbocycles. The Kier molecular flexibility index (Phi) is 4.62. The molecule has 0 radical (unpaired) electrons. The van der Waals surface area contributed by atoms with Crippen LogP contribution in [-0.2, 0) is 14.3 Å². The zero-order valence-corrected chi connectivity index (χ0v) is 8.72. The highest BCUT2D eigenvalue weighted by atomic mass is 16.6. The molecule has 0 heterocycles. The Morgan fingerprint density at radius 2 is 2.07 bits per heavy atom. The summed E-state index contributed by atoms with van der Waals surface area (Å²) in [4.78, 5) is 22.4. The van der Waals surface area contributed by atoms with Gasteiger partial charge in [-0.15, -0.1) is 0 Å². The molecule has 0 aliphatic carbocycles. The van der Waals surface area contributed by atoms with Gasteiger partial charge in [0.15, 0.2) is 0 Å². The summed E-state index contributed by atoms with van der Waals surface area (Å²) in [6, 6.07) is 0. The summed E-state index contributed by atoms with van der Waals surface area (Å²) in [5.74, 6) is -4.38. The topological polar surface area (TPSA) is 125 Å². The van der Waals surface area contributed by atoms with Crippen molar-refractivity contribution in [2.75, 3.05) is 14.2 Å². The number of aliphatic carboxylic acids is 1. The van der Waals surface area contributed by atoms with Crippen molar-refractivity contribution in [2.45, 2.75) is 19.1 Å². The maximum absolute atomic E-state index is 10.9. The molecule has 8 nitrogen and oxygen atoms in total. The third kappa shape index (κ3) is 3.13. The molecule has 2 unspecified atom stereocenters. The second kappa shape index (κ2) is 5.03. The van der Waals surface area contributed by atoms with Gasteiger partial charge in [0.05, 0.1) is 0 Å². The van der Waals surface area contributed by atoms with E-state index in [0.29, 0.717) is 0 Å². The first-order valence-corrected chi connectivity index (χ1v) is 4.00. The lowest BCUT2D eigenvalue weighted by Gasteiger charge is -2.36. The third-order valence-electron chi connectivity index (χ3n) is 1.79. The maximum atomic E-state index is 10.9. The number of hydrogen-bond acceptors (Lipinski definition) is 6. The zero-order chi connectivity index (χ0) is 12.2. The molecule has 88 valence electrons. The van der Waals surface area contributed by atoms with Crippen LogP contribution in [-0.4, -0.2) is 53.3 Å². The van der Waals surface area contributed by atoms with Crippen molar-refractivity contribution in [2.24, 2.45) is 5.73 Å². The first-order chi connectivity index (χ1) is 6.75. The molecule has 0 spiro atoms. The number of carboxylic acid groups (broad SMARTS) is 1. The minimum Gasteiger partial charge on any atom is -0.477 e. The number of aliphatic hydroxyl groups is 1. The maximum Gasteiger partial charge on any atom is 0.361 e. The summed E-state index contributed by atoms with van der Waals surface area (Å²) in [7, 11) is 2.36. The number of hydrogen-bond donors (Lipinski definition) is 4. The number of likely N-dealkylation sites (N-methyl/N-ethyl adjacent to an activating group) is 1. The fraction of sp³-hybridized carbons (Fsp3) is 0.714. The Bertz CT molecular complexity index is 259. The van der Waals surface area contributed by atoms with Gasteiger partial charge in [-0.05, 0) is 7.05 Å². The molecule has 5 N–H and O–H groups in total. The molecular weight excluding hydrogens is 206 g/mol. The molecule has 0 rings (SSSR count). The molecule has 0 aromatic rings. The lowest BCUT2D eigenvalue weighted by Crippen LogP contribution is -2.72. The lowest BCUT2D eigenvalue weighted by atomic mass is 10.3. The predicted molar refractivity (Wildman–Crippen MR) is 49.1 cm³/mol. The van der Waals surface area contributed by atoms with Gasteiger partial charge in [0.2, 0.25) is 12.3 Å². The average Bonchev–Trinajstić information content (AvgIpc) is 2.13. The quantitative estimate of drug-likeness (QED) is 0.384. The van der Waals surface area contributed by atoms with Crippen molar-refractivity contribution < 1.29 is 24.5 Å². The van der Waals surface area contributed by atoms with Gasteiger partial charge in [-0.3, -0.25) is 10.5 Å². The van der Waals surface area contributed by atoms with E-state index in [-0.39, 0.29) is 0 Å². The molecule has 0 aromatic heterocycles. The van der Waals surface area contributed by atoms with Crippen molar-refractivity contribution in [3.8, 4) is 0 Å². The fourth-order valence-electron chi connectivity index (χ4n) is 0.893. The van der Waals surface area contributed by atoms with E-state index in [1.54, 1.807) is 0 Å². The van der Waals surface area contributed by atoms with Crippen molar-refractivity contribution >= 4 is 11.9 Å². The van der Waals surface area contributed by atoms with E-state index < -0.39 is 24.1 Å². The summed E-state index contributed by atoms with van der Waals surface area (Å²) in [6.45, 7) is 1.11. The van der Waals surface area contributed by atoms with Crippen LogP contribution in [0.2, 0.25) is 0 Å². The molecule has 0 bridgehead atoms. The Labute approximate surface area is 86.6 Å². The van der Waals surface area contributed by atoms with Crippen LogP contribution in [0.3, 0.4) is 0 Å². The van der Waals surface area contributed by atoms with E-state index in [1.807, 2.05) is 5.32 Å². The molecular formula is C7H15N3O5. The van der Waals surface area contributed by atoms with Gasteiger partial charge in [0, 0.05) is 14.0 Å². The number of nitrogens with one attached hydrogen (secondary N) is 1. The molecule has 0 aliphatic heterocycles. The molecule has 1 amide bonds. The van der Waals surface area contributed by atoms with Gasteiger partial charge in [-0.2, -0.15) is 0 Å². The van der Waals surface area contributed by atoms with E-state index in [9.17, 15) is 14.7 Å². The monoisotopic (exact) mass is 221 g/mol. The predicted octanol–water partition coefficient (Wildman–Crippen LogP) is -2.33. The van der Waals surface area contributed by atoms with Gasteiger partial charge < -0.3 is 20.3 Å². The van der Waals surface area contributed by atoms with Crippen molar-refractivity contribution in [3.05, 3.63) is 0 Å². The fourth-order valence-corrected chi connectivity index (χ4v) is 0.893. The Morgan fingerprint density at radius 3 is 2.33 bits per heavy atom. The first-order valence-electron chi connectivity index (χ1n) is 4.00. The Balaban J connectivity index is 4.93. The van der Waals surface area contributed by atoms with Crippen molar-refractivity contribution in [1.29, 1.82) is 0 Å². The Hall–Kier alpha value is -1.22. The highest BCUT2D eigenvalue weighted by Gasteiger charge is 2.42. The standard InChI is InChI=1S/C7H15N3O5/c1-4(11)9-7(8,5(12)13)10(2)6(14)15-3/h6,14H,8H2,1-3H3,(H,9,11)(H,12,13). The van der Waals surface area contributed by atoms with Crippen LogP contribution in [0.25, 0.3) is 0 Å². The number of amides is 1. The summed E-state index contributed by atoms with van der Waals surface area (Å²) in [5.41, 5.74) is 5.42. The second-order valence-electron chi connectivity index (χ2n) is 2.93. The summed E-state index contributed by atoms with van der Waals surface area (Å²) < 4.78 is 4.48. The smallest absolute Gasteiger partial charge is 0.361 e. The molecule has 0 aliphatic rings. The molecule has 0 fully saturated rings. The van der Waals surface area contributed by atoms with Crippen LogP contribution in [0.15, 0.2) is 0 Å². The number of carbonyl (C=O) groups is 2. The highest BCUT2D eigenvalue weighted by molar-refractivity contribution is 5.84. The Morgan fingerprint density at radius 1 is 1.60 bits per heavy atom. The minimum absolute atomic E-state index is 0.643. The minimum atomic E-state index is -2.22. The number of nitrogens with two attached hydrogens (primary N) is 1. The number of ether oxygens (including phenoxy) is 1. The molecule has 15 heavy (non-hydrogen) atoms. The van der Waals surface area contributed by atoms with Crippen molar-refractivity contribution in [3.63, 3.8) is 0 Å². The number of aliphatic hydroxyl groups excluding tert-OH is 1. The second-order valence-corrected chi connectivity index (χ2v) is 2.93. The van der Waals surface area contributed by atoms with E-state index in [0.717, 1.165) is 18.9 Å².